The molecule has 106 valence electrons. The zero-order valence-electron chi connectivity index (χ0n) is 10.5. The van der Waals surface area contributed by atoms with Crippen LogP contribution in [0.4, 0.5) is 0 Å². The Labute approximate surface area is 111 Å². The molecule has 1 fully saturated rings. The number of piperidine rings is 1. The zero-order chi connectivity index (χ0) is 14.0. The minimum Gasteiger partial charge on any atom is -0.438 e. The Morgan fingerprint density at radius 1 is 1.53 bits per heavy atom. The minimum atomic E-state index is -3.92. The smallest absolute Gasteiger partial charge is 0.287 e. The lowest BCUT2D eigenvalue weighted by Gasteiger charge is -2.29. The fourth-order valence-electron chi connectivity index (χ4n) is 2.02. The quantitative estimate of drug-likeness (QED) is 0.703. The molecule has 7 nitrogen and oxygen atoms in total. The highest BCUT2D eigenvalue weighted by Crippen LogP contribution is 2.15. The van der Waals surface area contributed by atoms with Crippen LogP contribution in [-0.4, -0.2) is 33.5 Å². The summed E-state index contributed by atoms with van der Waals surface area (Å²) in [7, 11) is -3.92. The average Bonchev–Trinajstić information content (AvgIpc) is 2.81. The Hall–Kier alpha value is -1.38. The lowest BCUT2D eigenvalue weighted by Crippen LogP contribution is -2.50. The molecule has 0 saturated carbocycles. The van der Waals surface area contributed by atoms with E-state index in [0.29, 0.717) is 12.5 Å². The van der Waals surface area contributed by atoms with Crippen molar-refractivity contribution in [1.29, 1.82) is 0 Å². The second-order valence-electron chi connectivity index (χ2n) is 4.71. The molecule has 1 aliphatic rings. The number of hydrogen-bond donors (Lipinski definition) is 3. The van der Waals surface area contributed by atoms with Gasteiger partial charge in [0.25, 0.3) is 15.9 Å². The molecular formula is C11H17N3O4S. The summed E-state index contributed by atoms with van der Waals surface area (Å²) < 4.78 is 27.0. The van der Waals surface area contributed by atoms with Gasteiger partial charge in [-0.2, -0.15) is 0 Å². The van der Waals surface area contributed by atoms with Crippen molar-refractivity contribution in [3.05, 3.63) is 17.9 Å². The van der Waals surface area contributed by atoms with Gasteiger partial charge in [0.2, 0.25) is 5.09 Å². The first-order valence-corrected chi connectivity index (χ1v) is 7.57. The number of nitrogens with one attached hydrogen (secondary N) is 2. The molecule has 2 unspecified atom stereocenters. The Kier molecular flexibility index (Phi) is 3.93. The number of nitrogens with two attached hydrogens (primary N) is 1. The van der Waals surface area contributed by atoms with Crippen molar-refractivity contribution in [2.75, 3.05) is 13.1 Å². The molecular weight excluding hydrogens is 270 g/mol. The summed E-state index contributed by atoms with van der Waals surface area (Å²) in [4.78, 5) is 11.9. The van der Waals surface area contributed by atoms with Crippen LogP contribution in [0.3, 0.4) is 0 Å². The second-order valence-corrected chi connectivity index (χ2v) is 6.21. The molecule has 1 aromatic heterocycles. The zero-order valence-corrected chi connectivity index (χ0v) is 11.4. The molecule has 1 amide bonds. The van der Waals surface area contributed by atoms with Gasteiger partial charge in [-0.3, -0.25) is 4.79 Å². The molecule has 4 N–H and O–H groups in total. The molecule has 19 heavy (non-hydrogen) atoms. The van der Waals surface area contributed by atoms with E-state index in [9.17, 15) is 13.2 Å². The topological polar surface area (TPSA) is 114 Å². The van der Waals surface area contributed by atoms with E-state index in [-0.39, 0.29) is 11.8 Å². The number of sulfonamides is 1. The van der Waals surface area contributed by atoms with Gasteiger partial charge in [-0.15, -0.1) is 0 Å². The fourth-order valence-corrected chi connectivity index (χ4v) is 2.48. The third kappa shape index (κ3) is 3.34. The number of furan rings is 1. The first-order valence-electron chi connectivity index (χ1n) is 6.02. The van der Waals surface area contributed by atoms with Crippen LogP contribution in [0.25, 0.3) is 0 Å². The molecule has 0 spiro atoms. The number of carbonyl (C=O) groups is 1. The first kappa shape index (κ1) is 14.0. The van der Waals surface area contributed by atoms with Crippen molar-refractivity contribution < 1.29 is 17.6 Å². The maximum Gasteiger partial charge on any atom is 0.287 e. The van der Waals surface area contributed by atoms with E-state index in [1.807, 2.05) is 0 Å². The van der Waals surface area contributed by atoms with E-state index in [4.69, 9.17) is 9.56 Å². The van der Waals surface area contributed by atoms with E-state index in [1.165, 1.54) is 12.1 Å². The molecule has 1 aliphatic heterocycles. The minimum absolute atomic E-state index is 0.00397. The number of amides is 1. The van der Waals surface area contributed by atoms with Crippen molar-refractivity contribution in [3.63, 3.8) is 0 Å². The molecule has 1 aromatic rings. The summed E-state index contributed by atoms with van der Waals surface area (Å²) in [6.07, 6.45) is 0.978. The summed E-state index contributed by atoms with van der Waals surface area (Å²) >= 11 is 0. The molecule has 1 saturated heterocycles. The molecule has 8 heteroatoms. The summed E-state index contributed by atoms with van der Waals surface area (Å²) in [5.74, 6) is -0.130. The van der Waals surface area contributed by atoms with E-state index in [1.54, 1.807) is 0 Å². The van der Waals surface area contributed by atoms with Crippen LogP contribution in [0, 0.1) is 5.92 Å². The predicted octanol–water partition coefficient (Wildman–Crippen LogP) is -0.345. The van der Waals surface area contributed by atoms with Gasteiger partial charge in [0.05, 0.1) is 0 Å². The van der Waals surface area contributed by atoms with Crippen molar-refractivity contribution >= 4 is 15.9 Å². The third-order valence-corrected chi connectivity index (χ3v) is 4.01. The third-order valence-electron chi connectivity index (χ3n) is 3.23. The van der Waals surface area contributed by atoms with Crippen LogP contribution < -0.4 is 15.8 Å². The van der Waals surface area contributed by atoms with Crippen molar-refractivity contribution in [3.8, 4) is 0 Å². The highest BCUT2D eigenvalue weighted by Gasteiger charge is 2.25. The molecule has 0 radical (unpaired) electrons. The van der Waals surface area contributed by atoms with Gasteiger partial charge in [-0.1, -0.05) is 6.92 Å². The van der Waals surface area contributed by atoms with Crippen LogP contribution in [0.5, 0.6) is 0 Å². The van der Waals surface area contributed by atoms with Gasteiger partial charge in [0.15, 0.2) is 5.76 Å². The van der Waals surface area contributed by atoms with Crippen LogP contribution in [0.2, 0.25) is 0 Å². The molecule has 2 atom stereocenters. The Bertz CT molecular complexity index is 566. The molecule has 2 heterocycles. The van der Waals surface area contributed by atoms with Gasteiger partial charge >= 0.3 is 0 Å². The van der Waals surface area contributed by atoms with Crippen LogP contribution >= 0.6 is 0 Å². The van der Waals surface area contributed by atoms with Gasteiger partial charge in [0, 0.05) is 12.6 Å². The van der Waals surface area contributed by atoms with Gasteiger partial charge in [-0.05, 0) is 31.0 Å². The van der Waals surface area contributed by atoms with Crippen molar-refractivity contribution in [2.45, 2.75) is 24.5 Å². The second kappa shape index (κ2) is 5.32. The molecule has 0 aromatic carbocycles. The van der Waals surface area contributed by atoms with Gasteiger partial charge in [-0.25, -0.2) is 13.6 Å². The highest BCUT2D eigenvalue weighted by atomic mass is 32.2. The fraction of sp³-hybridized carbons (Fsp3) is 0.545. The normalized spacial score (nSPS) is 24.1. The van der Waals surface area contributed by atoms with E-state index in [2.05, 4.69) is 17.6 Å². The SMILES string of the molecule is CC1CCNCC1NC(=O)c1ccc(S(N)(=O)=O)o1. The summed E-state index contributed by atoms with van der Waals surface area (Å²) in [6.45, 7) is 3.68. The average molecular weight is 287 g/mol. The number of rotatable bonds is 3. The lowest BCUT2D eigenvalue weighted by atomic mass is 9.95. The number of hydrogen-bond acceptors (Lipinski definition) is 5. The summed E-state index contributed by atoms with van der Waals surface area (Å²) in [5.41, 5.74) is 0. The van der Waals surface area contributed by atoms with E-state index in [0.717, 1.165) is 13.0 Å². The molecule has 2 rings (SSSR count). The van der Waals surface area contributed by atoms with Crippen LogP contribution in [0.15, 0.2) is 21.6 Å². The monoisotopic (exact) mass is 287 g/mol. The van der Waals surface area contributed by atoms with Gasteiger partial charge < -0.3 is 15.1 Å². The van der Waals surface area contributed by atoms with Crippen molar-refractivity contribution in [1.82, 2.24) is 10.6 Å². The summed E-state index contributed by atoms with van der Waals surface area (Å²) in [5, 5.41) is 10.5. The lowest BCUT2D eigenvalue weighted by molar-refractivity contribution is 0.0881. The molecule has 0 bridgehead atoms. The Morgan fingerprint density at radius 2 is 2.26 bits per heavy atom. The maximum atomic E-state index is 11.9. The Morgan fingerprint density at radius 3 is 2.84 bits per heavy atom. The predicted molar refractivity (Wildman–Crippen MR) is 68.0 cm³/mol. The highest BCUT2D eigenvalue weighted by molar-refractivity contribution is 7.89. The van der Waals surface area contributed by atoms with Crippen molar-refractivity contribution in [2.24, 2.45) is 11.1 Å². The van der Waals surface area contributed by atoms with E-state index >= 15 is 0 Å². The Balaban J connectivity index is 2.06. The number of primary sulfonamides is 1. The largest absolute Gasteiger partial charge is 0.438 e. The standard InChI is InChI=1S/C11H17N3O4S/c1-7-4-5-13-6-8(7)14-11(15)9-2-3-10(18-9)19(12,16)17/h2-3,7-8,13H,4-6H2,1H3,(H,14,15)(H2,12,16,17). The summed E-state index contributed by atoms with van der Waals surface area (Å²) in [6, 6.07) is 2.48. The van der Waals surface area contributed by atoms with Gasteiger partial charge in [0.1, 0.15) is 0 Å². The number of carbonyl (C=O) groups excluding carboxylic acids is 1. The molecule has 0 aliphatic carbocycles. The van der Waals surface area contributed by atoms with Crippen LogP contribution in [-0.2, 0) is 10.0 Å². The maximum absolute atomic E-state index is 11.9. The van der Waals surface area contributed by atoms with E-state index < -0.39 is 21.0 Å². The van der Waals surface area contributed by atoms with Crippen LogP contribution in [0.1, 0.15) is 23.9 Å². The first-order chi connectivity index (χ1) is 8.88.